The van der Waals surface area contributed by atoms with Crippen LogP contribution < -0.4 is 5.32 Å². The number of nitrogens with one attached hydrogen (secondary N) is 1. The second-order valence-corrected chi connectivity index (χ2v) is 7.07. The molecule has 0 radical (unpaired) electrons. The molecule has 17 heavy (non-hydrogen) atoms. The molecule has 6 heteroatoms. The van der Waals surface area contributed by atoms with E-state index >= 15 is 0 Å². The van der Waals surface area contributed by atoms with E-state index in [-0.39, 0.29) is 5.25 Å². The molecule has 1 unspecified atom stereocenters. The van der Waals surface area contributed by atoms with Gasteiger partial charge in [0.05, 0.1) is 5.25 Å². The summed E-state index contributed by atoms with van der Waals surface area (Å²) in [5.74, 6) is 0. The Morgan fingerprint density at radius 3 is 2.59 bits per heavy atom. The Bertz CT molecular complexity index is 319. The minimum Gasteiger partial charge on any atom is -0.316 e. The van der Waals surface area contributed by atoms with Crippen LogP contribution >= 0.6 is 0 Å². The van der Waals surface area contributed by atoms with Crippen LogP contribution in [0.1, 0.15) is 20.3 Å². The lowest BCUT2D eigenvalue weighted by Crippen LogP contribution is -2.43. The van der Waals surface area contributed by atoms with Crippen LogP contribution in [0, 0.1) is 0 Å². The third kappa shape index (κ3) is 4.21. The molecule has 1 aliphatic rings. The summed E-state index contributed by atoms with van der Waals surface area (Å²) in [7, 11) is -1.10. The summed E-state index contributed by atoms with van der Waals surface area (Å²) in [5.41, 5.74) is 0. The quantitative estimate of drug-likeness (QED) is 0.756. The summed E-state index contributed by atoms with van der Waals surface area (Å²) in [6.07, 6.45) is 0.920. The molecule has 0 bridgehead atoms. The van der Waals surface area contributed by atoms with Gasteiger partial charge in [0.1, 0.15) is 0 Å². The number of hydrogen-bond acceptors (Lipinski definition) is 4. The minimum absolute atomic E-state index is 0.342. The zero-order valence-corrected chi connectivity index (χ0v) is 12.0. The molecule has 1 aliphatic heterocycles. The Kier molecular flexibility index (Phi) is 5.85. The van der Waals surface area contributed by atoms with Crippen LogP contribution in [0.3, 0.4) is 0 Å². The van der Waals surface area contributed by atoms with Gasteiger partial charge in [-0.25, -0.2) is 12.7 Å². The van der Waals surface area contributed by atoms with Crippen LogP contribution in [0.2, 0.25) is 0 Å². The fourth-order valence-electron chi connectivity index (χ4n) is 1.98. The van der Waals surface area contributed by atoms with E-state index in [0.717, 1.165) is 26.1 Å². The van der Waals surface area contributed by atoms with Crippen LogP contribution in [0.4, 0.5) is 0 Å². The highest BCUT2D eigenvalue weighted by molar-refractivity contribution is 7.89. The van der Waals surface area contributed by atoms with Crippen molar-refractivity contribution < 1.29 is 8.42 Å². The second-order valence-electron chi connectivity index (χ2n) is 4.72. The predicted octanol–water partition coefficient (Wildman–Crippen LogP) is -0.0483. The van der Waals surface area contributed by atoms with Crippen molar-refractivity contribution in [3.05, 3.63) is 0 Å². The maximum Gasteiger partial charge on any atom is 0.218 e. The van der Waals surface area contributed by atoms with E-state index in [1.54, 1.807) is 11.2 Å². The molecule has 0 spiro atoms. The molecule has 5 nitrogen and oxygen atoms in total. The molecule has 0 aromatic heterocycles. The number of sulfonamides is 1. The van der Waals surface area contributed by atoms with Gasteiger partial charge in [-0.3, -0.25) is 0 Å². The standard InChI is InChI=1S/C11H25N3O2S/c1-4-12-10-11(2)17(15,16)14-7-5-6-13(3)8-9-14/h11-12H,4-10H2,1-3H3. The van der Waals surface area contributed by atoms with E-state index < -0.39 is 10.0 Å². The van der Waals surface area contributed by atoms with Gasteiger partial charge in [0.2, 0.25) is 10.0 Å². The second kappa shape index (κ2) is 6.68. The average molecular weight is 263 g/mol. The zero-order chi connectivity index (χ0) is 12.9. The zero-order valence-electron chi connectivity index (χ0n) is 11.1. The summed E-state index contributed by atoms with van der Waals surface area (Å²) >= 11 is 0. The maximum atomic E-state index is 12.3. The van der Waals surface area contributed by atoms with E-state index in [4.69, 9.17) is 0 Å². The van der Waals surface area contributed by atoms with Crippen molar-refractivity contribution in [2.75, 3.05) is 46.3 Å². The Hall–Kier alpha value is -0.170. The Morgan fingerprint density at radius 1 is 1.24 bits per heavy atom. The average Bonchev–Trinajstić information content (AvgIpc) is 2.51. The lowest BCUT2D eigenvalue weighted by molar-refractivity contribution is 0.346. The predicted molar refractivity (Wildman–Crippen MR) is 70.6 cm³/mol. The van der Waals surface area contributed by atoms with Gasteiger partial charge in [-0.05, 0) is 33.5 Å². The van der Waals surface area contributed by atoms with Gasteiger partial charge >= 0.3 is 0 Å². The van der Waals surface area contributed by atoms with Crippen molar-refractivity contribution in [2.45, 2.75) is 25.5 Å². The fraction of sp³-hybridized carbons (Fsp3) is 1.00. The van der Waals surface area contributed by atoms with Crippen molar-refractivity contribution in [3.63, 3.8) is 0 Å². The summed E-state index contributed by atoms with van der Waals surface area (Å²) in [4.78, 5) is 2.18. The smallest absolute Gasteiger partial charge is 0.218 e. The van der Waals surface area contributed by atoms with Crippen molar-refractivity contribution in [3.8, 4) is 0 Å². The van der Waals surface area contributed by atoms with Crippen molar-refractivity contribution in [2.24, 2.45) is 0 Å². The first-order chi connectivity index (χ1) is 7.98. The van der Waals surface area contributed by atoms with Crippen molar-refractivity contribution in [1.82, 2.24) is 14.5 Å². The Balaban J connectivity index is 2.62. The molecule has 0 aromatic carbocycles. The molecule has 1 rings (SSSR count). The fourth-order valence-corrected chi connectivity index (χ4v) is 3.54. The van der Waals surface area contributed by atoms with E-state index in [0.29, 0.717) is 19.6 Å². The molecule has 1 atom stereocenters. The van der Waals surface area contributed by atoms with Crippen LogP contribution in [-0.2, 0) is 10.0 Å². The summed E-state index contributed by atoms with van der Waals surface area (Å²) in [6.45, 7) is 8.19. The first-order valence-corrected chi connectivity index (χ1v) is 7.87. The highest BCUT2D eigenvalue weighted by Gasteiger charge is 2.29. The van der Waals surface area contributed by atoms with Crippen molar-refractivity contribution in [1.29, 1.82) is 0 Å². The third-order valence-corrected chi connectivity index (χ3v) is 5.50. The van der Waals surface area contributed by atoms with Gasteiger partial charge < -0.3 is 10.2 Å². The van der Waals surface area contributed by atoms with Crippen LogP contribution in [0.25, 0.3) is 0 Å². The molecule has 1 N–H and O–H groups in total. The molecule has 102 valence electrons. The lowest BCUT2D eigenvalue weighted by Gasteiger charge is -2.24. The molecular formula is C11H25N3O2S. The van der Waals surface area contributed by atoms with Gasteiger partial charge in [0.15, 0.2) is 0 Å². The molecular weight excluding hydrogens is 238 g/mol. The van der Waals surface area contributed by atoms with Gasteiger partial charge in [-0.2, -0.15) is 0 Å². The molecule has 1 fully saturated rings. The van der Waals surface area contributed by atoms with E-state index in [1.807, 2.05) is 14.0 Å². The SMILES string of the molecule is CCNCC(C)S(=O)(=O)N1CCCN(C)CC1. The molecule has 1 saturated heterocycles. The third-order valence-electron chi connectivity index (χ3n) is 3.23. The number of rotatable bonds is 5. The topological polar surface area (TPSA) is 52.7 Å². The van der Waals surface area contributed by atoms with Gasteiger partial charge in [0, 0.05) is 26.2 Å². The first-order valence-electron chi connectivity index (χ1n) is 6.36. The summed E-state index contributed by atoms with van der Waals surface area (Å²) < 4.78 is 26.3. The lowest BCUT2D eigenvalue weighted by atomic mass is 10.4. The highest BCUT2D eigenvalue weighted by Crippen LogP contribution is 2.12. The molecule has 0 saturated carbocycles. The maximum absolute atomic E-state index is 12.3. The first kappa shape index (κ1) is 14.9. The Labute approximate surface area is 105 Å². The summed E-state index contributed by atoms with van der Waals surface area (Å²) in [5, 5.41) is 2.76. The monoisotopic (exact) mass is 263 g/mol. The molecule has 0 amide bonds. The summed E-state index contributed by atoms with van der Waals surface area (Å²) in [6, 6.07) is 0. The minimum atomic E-state index is -3.14. The van der Waals surface area contributed by atoms with Crippen molar-refractivity contribution >= 4 is 10.0 Å². The number of nitrogens with zero attached hydrogens (tertiary/aromatic N) is 2. The van der Waals surface area contributed by atoms with Gasteiger partial charge in [0.25, 0.3) is 0 Å². The molecule has 0 aliphatic carbocycles. The number of hydrogen-bond donors (Lipinski definition) is 1. The Morgan fingerprint density at radius 2 is 1.94 bits per heavy atom. The van der Waals surface area contributed by atoms with Crippen LogP contribution in [0.5, 0.6) is 0 Å². The van der Waals surface area contributed by atoms with Crippen LogP contribution in [0.15, 0.2) is 0 Å². The highest BCUT2D eigenvalue weighted by atomic mass is 32.2. The molecule has 1 heterocycles. The van der Waals surface area contributed by atoms with E-state index in [2.05, 4.69) is 10.2 Å². The normalized spacial score (nSPS) is 22.3. The van der Waals surface area contributed by atoms with Crippen LogP contribution in [-0.4, -0.2) is 69.2 Å². The van der Waals surface area contributed by atoms with E-state index in [1.165, 1.54) is 0 Å². The largest absolute Gasteiger partial charge is 0.316 e. The number of likely N-dealkylation sites (N-methyl/N-ethyl adjacent to an activating group) is 1. The van der Waals surface area contributed by atoms with Gasteiger partial charge in [-0.15, -0.1) is 0 Å². The van der Waals surface area contributed by atoms with E-state index in [9.17, 15) is 8.42 Å². The molecule has 0 aromatic rings. The van der Waals surface area contributed by atoms with Gasteiger partial charge in [-0.1, -0.05) is 6.92 Å².